The molecule has 2 N–H and O–H groups in total. The van der Waals surface area contributed by atoms with E-state index in [1.807, 2.05) is 22.9 Å². The highest BCUT2D eigenvalue weighted by molar-refractivity contribution is 5.95. The molecule has 0 unspecified atom stereocenters. The second-order valence-corrected chi connectivity index (χ2v) is 7.76. The first-order valence-electron chi connectivity index (χ1n) is 10.2. The Hall–Kier alpha value is -1.89. The summed E-state index contributed by atoms with van der Waals surface area (Å²) < 4.78 is 7.42. The fourth-order valence-electron chi connectivity index (χ4n) is 3.99. The maximum Gasteiger partial charge on any atom is 0.254 e. The minimum absolute atomic E-state index is 0. The Bertz CT molecular complexity index is 752. The summed E-state index contributed by atoms with van der Waals surface area (Å²) in [6.45, 7) is 6.05. The molecule has 2 heterocycles. The molecule has 7 heteroatoms. The minimum atomic E-state index is -0.0308. The van der Waals surface area contributed by atoms with Crippen molar-refractivity contribution >= 4 is 18.3 Å². The van der Waals surface area contributed by atoms with Gasteiger partial charge in [-0.25, -0.2) is 0 Å². The number of rotatable bonds is 9. The van der Waals surface area contributed by atoms with Crippen LogP contribution < -0.4 is 10.6 Å². The third-order valence-corrected chi connectivity index (χ3v) is 5.59. The lowest BCUT2D eigenvalue weighted by molar-refractivity contribution is 0.0511. The van der Waals surface area contributed by atoms with E-state index in [-0.39, 0.29) is 23.7 Å². The van der Waals surface area contributed by atoms with Gasteiger partial charge in [-0.1, -0.05) is 43.7 Å². The number of hydrogen-bond acceptors (Lipinski definition) is 4. The van der Waals surface area contributed by atoms with Crippen molar-refractivity contribution in [1.82, 2.24) is 20.4 Å². The Morgan fingerprint density at radius 1 is 1.28 bits per heavy atom. The van der Waals surface area contributed by atoms with Gasteiger partial charge in [0.25, 0.3) is 5.91 Å². The molecule has 1 saturated heterocycles. The fourth-order valence-corrected chi connectivity index (χ4v) is 3.99. The van der Waals surface area contributed by atoms with Gasteiger partial charge in [0.2, 0.25) is 0 Å². The van der Waals surface area contributed by atoms with Crippen molar-refractivity contribution in [3.05, 3.63) is 53.3 Å². The first kappa shape index (κ1) is 23.4. The van der Waals surface area contributed by atoms with Gasteiger partial charge in [0.05, 0.1) is 30.6 Å². The van der Waals surface area contributed by atoms with Crippen LogP contribution >= 0.6 is 12.4 Å². The van der Waals surface area contributed by atoms with Crippen molar-refractivity contribution < 1.29 is 9.53 Å². The first-order chi connectivity index (χ1) is 13.7. The quantitative estimate of drug-likeness (QED) is 0.654. The lowest BCUT2D eigenvalue weighted by atomic mass is 9.79. The van der Waals surface area contributed by atoms with Crippen LogP contribution in [-0.2, 0) is 17.7 Å². The molecule has 160 valence electrons. The average Bonchev–Trinajstić information content (AvgIpc) is 3.11. The summed E-state index contributed by atoms with van der Waals surface area (Å²) in [6, 6.07) is 10.2. The van der Waals surface area contributed by atoms with Crippen LogP contribution in [0.2, 0.25) is 0 Å². The van der Waals surface area contributed by atoms with Crippen molar-refractivity contribution in [2.45, 2.75) is 39.2 Å². The summed E-state index contributed by atoms with van der Waals surface area (Å²) in [4.78, 5) is 13.0. The van der Waals surface area contributed by atoms with Crippen LogP contribution in [0.3, 0.4) is 0 Å². The molecule has 0 aliphatic carbocycles. The van der Waals surface area contributed by atoms with Gasteiger partial charge in [-0.05, 0) is 37.9 Å². The number of nitrogens with zero attached hydrogens (tertiary/aromatic N) is 2. The lowest BCUT2D eigenvalue weighted by Gasteiger charge is -2.37. The Labute approximate surface area is 179 Å². The van der Waals surface area contributed by atoms with Gasteiger partial charge in [0.1, 0.15) is 0 Å². The number of benzene rings is 1. The molecule has 29 heavy (non-hydrogen) atoms. The number of ether oxygens (including phenoxy) is 1. The monoisotopic (exact) mass is 420 g/mol. The van der Waals surface area contributed by atoms with E-state index in [4.69, 9.17) is 4.74 Å². The number of nitrogens with one attached hydrogen (secondary N) is 2. The Morgan fingerprint density at radius 3 is 2.66 bits per heavy atom. The summed E-state index contributed by atoms with van der Waals surface area (Å²) in [5, 5.41) is 11.1. The second kappa shape index (κ2) is 11.3. The van der Waals surface area contributed by atoms with Crippen molar-refractivity contribution in [3.63, 3.8) is 0 Å². The van der Waals surface area contributed by atoms with E-state index in [1.165, 1.54) is 5.56 Å². The van der Waals surface area contributed by atoms with Crippen molar-refractivity contribution in [2.24, 2.45) is 5.41 Å². The number of methoxy groups -OCH3 is 1. The highest BCUT2D eigenvalue weighted by Gasteiger charge is 2.33. The number of carbonyl (C=O) groups is 1. The number of aromatic nitrogens is 2. The van der Waals surface area contributed by atoms with Crippen LogP contribution in [0, 0.1) is 5.41 Å². The van der Waals surface area contributed by atoms with E-state index in [0.717, 1.165) is 44.5 Å². The molecule has 0 bridgehead atoms. The van der Waals surface area contributed by atoms with Crippen LogP contribution in [0.1, 0.15) is 47.8 Å². The standard InChI is InChI=1S/C22H32N4O2.ClH/c1-3-7-20-19(14-25-26(20)15-18-8-5-4-6-9-18)21(27)24-16-22(17-28-2)10-12-23-13-11-22;/h4-6,8-9,14,23H,3,7,10-13,15-17H2,1-2H3,(H,24,27);1H. The fraction of sp³-hybridized carbons (Fsp3) is 0.545. The van der Waals surface area contributed by atoms with E-state index in [0.29, 0.717) is 25.3 Å². The zero-order chi connectivity index (χ0) is 19.8. The number of amides is 1. The molecule has 1 aromatic carbocycles. The minimum Gasteiger partial charge on any atom is -0.384 e. The third-order valence-electron chi connectivity index (χ3n) is 5.59. The van der Waals surface area contributed by atoms with Crippen LogP contribution in [0.5, 0.6) is 0 Å². The lowest BCUT2D eigenvalue weighted by Crippen LogP contribution is -2.47. The molecule has 0 saturated carbocycles. The number of carbonyl (C=O) groups excluding carboxylic acids is 1. The van der Waals surface area contributed by atoms with Gasteiger partial charge in [0.15, 0.2) is 0 Å². The summed E-state index contributed by atoms with van der Waals surface area (Å²) >= 11 is 0. The molecular weight excluding hydrogens is 388 g/mol. The molecule has 1 aliphatic heterocycles. The number of halogens is 1. The molecule has 0 radical (unpaired) electrons. The van der Waals surface area contributed by atoms with Gasteiger partial charge in [0, 0.05) is 19.1 Å². The molecule has 6 nitrogen and oxygen atoms in total. The zero-order valence-corrected chi connectivity index (χ0v) is 18.3. The first-order valence-corrected chi connectivity index (χ1v) is 10.2. The maximum atomic E-state index is 13.0. The predicted molar refractivity (Wildman–Crippen MR) is 118 cm³/mol. The molecule has 1 amide bonds. The van der Waals surface area contributed by atoms with Crippen LogP contribution in [0.25, 0.3) is 0 Å². The van der Waals surface area contributed by atoms with Crippen molar-refractivity contribution in [2.75, 3.05) is 33.4 Å². The molecule has 3 rings (SSSR count). The predicted octanol–water partition coefficient (Wildman–Crippen LogP) is 3.05. The topological polar surface area (TPSA) is 68.2 Å². The molecule has 1 aromatic heterocycles. The number of hydrogen-bond donors (Lipinski definition) is 2. The summed E-state index contributed by atoms with van der Waals surface area (Å²) in [5.74, 6) is -0.0308. The number of piperidine rings is 1. The Morgan fingerprint density at radius 2 is 2.00 bits per heavy atom. The highest BCUT2D eigenvalue weighted by Crippen LogP contribution is 2.28. The SMILES string of the molecule is CCCc1c(C(=O)NCC2(COC)CCNCC2)cnn1Cc1ccccc1.Cl. The van der Waals surface area contributed by atoms with E-state index >= 15 is 0 Å². The Balaban J connectivity index is 0.00000300. The van der Waals surface area contributed by atoms with Crippen molar-refractivity contribution in [1.29, 1.82) is 0 Å². The van der Waals surface area contributed by atoms with Crippen molar-refractivity contribution in [3.8, 4) is 0 Å². The summed E-state index contributed by atoms with van der Waals surface area (Å²) in [6.07, 6.45) is 5.55. The molecular formula is C22H33ClN4O2. The van der Waals surface area contributed by atoms with E-state index < -0.39 is 0 Å². The molecule has 2 aromatic rings. The van der Waals surface area contributed by atoms with Gasteiger partial charge in [-0.15, -0.1) is 12.4 Å². The normalized spacial score (nSPS) is 15.5. The maximum absolute atomic E-state index is 13.0. The zero-order valence-electron chi connectivity index (χ0n) is 17.4. The van der Waals surface area contributed by atoms with Gasteiger partial charge in [-0.3, -0.25) is 9.48 Å². The van der Waals surface area contributed by atoms with Crippen LogP contribution in [0.4, 0.5) is 0 Å². The summed E-state index contributed by atoms with van der Waals surface area (Å²) in [7, 11) is 1.73. The average molecular weight is 421 g/mol. The van der Waals surface area contributed by atoms with Crippen LogP contribution in [0.15, 0.2) is 36.5 Å². The smallest absolute Gasteiger partial charge is 0.254 e. The third kappa shape index (κ3) is 6.04. The largest absolute Gasteiger partial charge is 0.384 e. The van der Waals surface area contributed by atoms with E-state index in [9.17, 15) is 4.79 Å². The van der Waals surface area contributed by atoms with E-state index in [2.05, 4.69) is 34.8 Å². The second-order valence-electron chi connectivity index (χ2n) is 7.76. The van der Waals surface area contributed by atoms with E-state index in [1.54, 1.807) is 13.3 Å². The molecule has 1 aliphatic rings. The molecule has 0 spiro atoms. The van der Waals surface area contributed by atoms with Gasteiger partial charge in [-0.2, -0.15) is 5.10 Å². The van der Waals surface area contributed by atoms with Gasteiger partial charge >= 0.3 is 0 Å². The summed E-state index contributed by atoms with van der Waals surface area (Å²) in [5.41, 5.74) is 2.90. The van der Waals surface area contributed by atoms with Crippen LogP contribution in [-0.4, -0.2) is 49.0 Å². The Kier molecular flexibility index (Phi) is 9.14. The molecule has 0 atom stereocenters. The van der Waals surface area contributed by atoms with Gasteiger partial charge < -0.3 is 15.4 Å². The highest BCUT2D eigenvalue weighted by atomic mass is 35.5. The molecule has 1 fully saturated rings.